The van der Waals surface area contributed by atoms with Gasteiger partial charge < -0.3 is 20.7 Å². The summed E-state index contributed by atoms with van der Waals surface area (Å²) in [6.45, 7) is 6.98. The van der Waals surface area contributed by atoms with E-state index in [0.717, 1.165) is 18.4 Å². The number of ether oxygens (including phenoxy) is 1. The highest BCUT2D eigenvalue weighted by molar-refractivity contribution is 5.80. The van der Waals surface area contributed by atoms with Gasteiger partial charge in [0.15, 0.2) is 0 Å². The van der Waals surface area contributed by atoms with Gasteiger partial charge in [-0.25, -0.2) is 4.79 Å². The fraction of sp³-hybridized carbons (Fsp3) is 0.556. The fourth-order valence-corrected chi connectivity index (χ4v) is 2.72. The first-order valence-electron chi connectivity index (χ1n) is 8.34. The third kappa shape index (κ3) is 5.44. The number of anilines is 1. The zero-order valence-electron chi connectivity index (χ0n) is 14.7. The molecule has 3 N–H and O–H groups in total. The van der Waals surface area contributed by atoms with Crippen molar-refractivity contribution in [1.29, 1.82) is 0 Å². The summed E-state index contributed by atoms with van der Waals surface area (Å²) in [5, 5.41) is 2.93. The largest absolute Gasteiger partial charge is 0.444 e. The lowest BCUT2D eigenvalue weighted by atomic mass is 9.97. The standard InChI is InChI=1S/C18H27N3O3/c1-18(2,3)24-17(23)21-9-5-7-14(12-21)16(22)20-11-13-6-4-8-15(19)10-13/h4,6,8,10,14H,5,7,9,11-12,19H2,1-3H3,(H,20,22). The van der Waals surface area contributed by atoms with Crippen LogP contribution in [0, 0.1) is 5.92 Å². The first-order valence-corrected chi connectivity index (χ1v) is 8.34. The maximum absolute atomic E-state index is 12.4. The van der Waals surface area contributed by atoms with E-state index in [4.69, 9.17) is 10.5 Å². The van der Waals surface area contributed by atoms with Crippen LogP contribution in [0.2, 0.25) is 0 Å². The Labute approximate surface area is 143 Å². The maximum Gasteiger partial charge on any atom is 0.410 e. The van der Waals surface area contributed by atoms with Gasteiger partial charge in [0.05, 0.1) is 5.92 Å². The smallest absolute Gasteiger partial charge is 0.410 e. The van der Waals surface area contributed by atoms with Crippen molar-refractivity contribution in [3.8, 4) is 0 Å². The van der Waals surface area contributed by atoms with E-state index in [-0.39, 0.29) is 17.9 Å². The molecule has 1 aliphatic rings. The molecule has 2 amide bonds. The van der Waals surface area contributed by atoms with Gasteiger partial charge in [-0.3, -0.25) is 4.79 Å². The van der Waals surface area contributed by atoms with Gasteiger partial charge in [-0.15, -0.1) is 0 Å². The summed E-state index contributed by atoms with van der Waals surface area (Å²) in [4.78, 5) is 26.2. The number of rotatable bonds is 3. The van der Waals surface area contributed by atoms with Crippen LogP contribution in [0.25, 0.3) is 0 Å². The molecule has 1 aromatic carbocycles. The van der Waals surface area contributed by atoms with Crippen LogP contribution in [0.5, 0.6) is 0 Å². The van der Waals surface area contributed by atoms with Crippen LogP contribution >= 0.6 is 0 Å². The molecular formula is C18H27N3O3. The molecule has 2 rings (SSSR count). The molecule has 0 saturated carbocycles. The second kappa shape index (κ2) is 7.55. The summed E-state index contributed by atoms with van der Waals surface area (Å²) in [6.07, 6.45) is 1.23. The summed E-state index contributed by atoms with van der Waals surface area (Å²) in [5.41, 5.74) is 6.85. The van der Waals surface area contributed by atoms with Gasteiger partial charge in [0.25, 0.3) is 0 Å². The molecule has 6 heteroatoms. The van der Waals surface area contributed by atoms with Crippen molar-refractivity contribution in [2.75, 3.05) is 18.8 Å². The third-order valence-electron chi connectivity index (χ3n) is 3.86. The molecular weight excluding hydrogens is 306 g/mol. The van der Waals surface area contributed by atoms with Crippen molar-refractivity contribution in [3.05, 3.63) is 29.8 Å². The number of carbonyl (C=O) groups is 2. The van der Waals surface area contributed by atoms with Crippen molar-refractivity contribution in [3.63, 3.8) is 0 Å². The second-order valence-electron chi connectivity index (χ2n) is 7.23. The van der Waals surface area contributed by atoms with Crippen LogP contribution in [0.15, 0.2) is 24.3 Å². The number of nitrogens with zero attached hydrogens (tertiary/aromatic N) is 1. The van der Waals surface area contributed by atoms with E-state index in [1.807, 2.05) is 45.0 Å². The highest BCUT2D eigenvalue weighted by Gasteiger charge is 2.30. The van der Waals surface area contributed by atoms with Gasteiger partial charge >= 0.3 is 6.09 Å². The first-order chi connectivity index (χ1) is 11.2. The highest BCUT2D eigenvalue weighted by atomic mass is 16.6. The van der Waals surface area contributed by atoms with Crippen LogP contribution in [-0.2, 0) is 16.1 Å². The zero-order valence-corrected chi connectivity index (χ0v) is 14.7. The molecule has 0 aromatic heterocycles. The Morgan fingerprint density at radius 1 is 1.38 bits per heavy atom. The van der Waals surface area contributed by atoms with E-state index >= 15 is 0 Å². The average molecular weight is 333 g/mol. The minimum Gasteiger partial charge on any atom is -0.444 e. The molecule has 132 valence electrons. The molecule has 1 unspecified atom stereocenters. The Kier molecular flexibility index (Phi) is 5.70. The Hall–Kier alpha value is -2.24. The number of likely N-dealkylation sites (tertiary alicyclic amines) is 1. The van der Waals surface area contributed by atoms with Crippen molar-refractivity contribution in [1.82, 2.24) is 10.2 Å². The van der Waals surface area contributed by atoms with Gasteiger partial charge in [-0.2, -0.15) is 0 Å². The number of amides is 2. The van der Waals surface area contributed by atoms with Crippen molar-refractivity contribution >= 4 is 17.7 Å². The number of piperidine rings is 1. The molecule has 24 heavy (non-hydrogen) atoms. The predicted molar refractivity (Wildman–Crippen MR) is 93.2 cm³/mol. The normalized spacial score (nSPS) is 18.1. The van der Waals surface area contributed by atoms with Crippen LogP contribution in [0.3, 0.4) is 0 Å². The Morgan fingerprint density at radius 2 is 2.12 bits per heavy atom. The van der Waals surface area contributed by atoms with E-state index in [2.05, 4.69) is 5.32 Å². The molecule has 1 atom stereocenters. The zero-order chi connectivity index (χ0) is 17.7. The molecule has 1 heterocycles. The predicted octanol–water partition coefficient (Wildman–Crippen LogP) is 2.53. The van der Waals surface area contributed by atoms with Crippen LogP contribution < -0.4 is 11.1 Å². The second-order valence-corrected chi connectivity index (χ2v) is 7.23. The summed E-state index contributed by atoms with van der Waals surface area (Å²) in [7, 11) is 0. The Morgan fingerprint density at radius 3 is 2.79 bits per heavy atom. The summed E-state index contributed by atoms with van der Waals surface area (Å²) < 4.78 is 5.39. The van der Waals surface area contributed by atoms with Crippen molar-refractivity contribution in [2.45, 2.75) is 45.8 Å². The molecule has 0 spiro atoms. The van der Waals surface area contributed by atoms with E-state index in [9.17, 15) is 9.59 Å². The molecule has 1 aliphatic heterocycles. The quantitative estimate of drug-likeness (QED) is 0.833. The van der Waals surface area contributed by atoms with E-state index in [0.29, 0.717) is 25.3 Å². The molecule has 0 aliphatic carbocycles. The lowest BCUT2D eigenvalue weighted by molar-refractivity contribution is -0.126. The van der Waals surface area contributed by atoms with E-state index in [1.165, 1.54) is 0 Å². The number of hydrogen-bond donors (Lipinski definition) is 2. The lowest BCUT2D eigenvalue weighted by Gasteiger charge is -2.33. The van der Waals surface area contributed by atoms with Crippen LogP contribution in [0.4, 0.5) is 10.5 Å². The minimum absolute atomic E-state index is 0.0364. The average Bonchev–Trinajstić information content (AvgIpc) is 2.51. The van der Waals surface area contributed by atoms with Gasteiger partial charge in [0.1, 0.15) is 5.60 Å². The molecule has 1 saturated heterocycles. The molecule has 1 aromatic rings. The number of nitrogens with two attached hydrogens (primary N) is 1. The first kappa shape index (κ1) is 18.1. The molecule has 0 radical (unpaired) electrons. The molecule has 6 nitrogen and oxygen atoms in total. The van der Waals surface area contributed by atoms with Crippen LogP contribution in [0.1, 0.15) is 39.2 Å². The topological polar surface area (TPSA) is 84.7 Å². The monoisotopic (exact) mass is 333 g/mol. The van der Waals surface area contributed by atoms with Crippen LogP contribution in [-0.4, -0.2) is 35.6 Å². The third-order valence-corrected chi connectivity index (χ3v) is 3.86. The van der Waals surface area contributed by atoms with Crippen molar-refractivity contribution < 1.29 is 14.3 Å². The maximum atomic E-state index is 12.4. The number of benzene rings is 1. The summed E-state index contributed by atoms with van der Waals surface area (Å²) >= 11 is 0. The number of nitrogens with one attached hydrogen (secondary N) is 1. The number of nitrogen functional groups attached to an aromatic ring is 1. The Bertz CT molecular complexity index is 595. The summed E-state index contributed by atoms with van der Waals surface area (Å²) in [6, 6.07) is 7.44. The van der Waals surface area contributed by atoms with Gasteiger partial charge in [0, 0.05) is 25.3 Å². The SMILES string of the molecule is CC(C)(C)OC(=O)N1CCCC(C(=O)NCc2cccc(N)c2)C1. The van der Waals surface area contributed by atoms with Gasteiger partial charge in [0.2, 0.25) is 5.91 Å². The number of carbonyl (C=O) groups excluding carboxylic acids is 2. The highest BCUT2D eigenvalue weighted by Crippen LogP contribution is 2.19. The van der Waals surface area contributed by atoms with E-state index in [1.54, 1.807) is 4.90 Å². The van der Waals surface area contributed by atoms with Gasteiger partial charge in [-0.05, 0) is 51.3 Å². The minimum atomic E-state index is -0.528. The molecule has 0 bridgehead atoms. The Balaban J connectivity index is 1.87. The lowest BCUT2D eigenvalue weighted by Crippen LogP contribution is -2.46. The fourth-order valence-electron chi connectivity index (χ4n) is 2.72. The van der Waals surface area contributed by atoms with E-state index < -0.39 is 5.60 Å². The molecule has 1 fully saturated rings. The number of hydrogen-bond acceptors (Lipinski definition) is 4. The summed E-state index contributed by atoms with van der Waals surface area (Å²) in [5.74, 6) is -0.238. The van der Waals surface area contributed by atoms with Crippen molar-refractivity contribution in [2.24, 2.45) is 5.92 Å². The van der Waals surface area contributed by atoms with Gasteiger partial charge in [-0.1, -0.05) is 12.1 Å².